The van der Waals surface area contributed by atoms with Crippen molar-refractivity contribution in [3.63, 3.8) is 0 Å². The van der Waals surface area contributed by atoms with Gasteiger partial charge >= 0.3 is 0 Å². The van der Waals surface area contributed by atoms with Crippen molar-refractivity contribution in [2.45, 2.75) is 13.3 Å². The van der Waals surface area contributed by atoms with Crippen LogP contribution in [0, 0.1) is 0 Å². The van der Waals surface area contributed by atoms with Gasteiger partial charge in [-0.3, -0.25) is 4.79 Å². The third-order valence-electron chi connectivity index (χ3n) is 1.96. The molecule has 4 N–H and O–H groups in total. The molecule has 1 aromatic rings. The summed E-state index contributed by atoms with van der Waals surface area (Å²) in [5, 5.41) is 18.4. The van der Waals surface area contributed by atoms with E-state index in [2.05, 4.69) is 0 Å². The van der Waals surface area contributed by atoms with Crippen LogP contribution in [0.1, 0.15) is 18.9 Å². The van der Waals surface area contributed by atoms with Gasteiger partial charge in [0.1, 0.15) is 0 Å². The molecular weight excluding hydrogens is 194 g/mol. The molecule has 1 amide bonds. The van der Waals surface area contributed by atoms with Crippen LogP contribution in [-0.2, 0) is 4.79 Å². The highest BCUT2D eigenvalue weighted by Crippen LogP contribution is 2.28. The van der Waals surface area contributed by atoms with Crippen molar-refractivity contribution in [2.75, 3.05) is 0 Å². The molecule has 0 radical (unpaired) electrons. The lowest BCUT2D eigenvalue weighted by atomic mass is 10.0. The Balaban J connectivity index is 3.19. The van der Waals surface area contributed by atoms with E-state index in [1.165, 1.54) is 18.2 Å². The molecule has 0 aromatic heterocycles. The lowest BCUT2D eigenvalue weighted by molar-refractivity contribution is -0.112. The van der Waals surface area contributed by atoms with Crippen molar-refractivity contribution < 1.29 is 15.0 Å². The van der Waals surface area contributed by atoms with Gasteiger partial charge in [-0.1, -0.05) is 19.1 Å². The number of primary amides is 1. The maximum Gasteiger partial charge on any atom is 0.248 e. The first kappa shape index (κ1) is 11.1. The third kappa shape index (κ3) is 2.49. The summed E-state index contributed by atoms with van der Waals surface area (Å²) in [5.74, 6) is -1.04. The van der Waals surface area contributed by atoms with E-state index in [4.69, 9.17) is 10.8 Å². The minimum Gasteiger partial charge on any atom is -0.504 e. The van der Waals surface area contributed by atoms with Crippen molar-refractivity contribution in [3.05, 3.63) is 29.8 Å². The fourth-order valence-electron chi connectivity index (χ4n) is 1.26. The van der Waals surface area contributed by atoms with Gasteiger partial charge in [-0.2, -0.15) is 0 Å². The molecule has 4 nitrogen and oxygen atoms in total. The smallest absolute Gasteiger partial charge is 0.248 e. The number of phenols is 2. The zero-order valence-electron chi connectivity index (χ0n) is 8.40. The van der Waals surface area contributed by atoms with Gasteiger partial charge < -0.3 is 15.9 Å². The van der Waals surface area contributed by atoms with Crippen molar-refractivity contribution in [1.82, 2.24) is 0 Å². The van der Waals surface area contributed by atoms with Gasteiger partial charge in [-0.25, -0.2) is 0 Å². The Morgan fingerprint density at radius 3 is 2.53 bits per heavy atom. The minimum atomic E-state index is -0.554. The number of nitrogens with two attached hydrogens (primary N) is 1. The highest BCUT2D eigenvalue weighted by molar-refractivity contribution is 6.18. The van der Waals surface area contributed by atoms with Crippen LogP contribution in [0.5, 0.6) is 11.5 Å². The average Bonchev–Trinajstić information content (AvgIpc) is 2.18. The summed E-state index contributed by atoms with van der Waals surface area (Å²) in [6.07, 6.45) is 2.34. The number of allylic oxidation sites excluding steroid dienone is 1. The molecule has 0 unspecified atom stereocenters. The van der Waals surface area contributed by atoms with Gasteiger partial charge in [0.25, 0.3) is 0 Å². The molecule has 0 saturated carbocycles. The molecule has 4 heteroatoms. The van der Waals surface area contributed by atoms with E-state index in [1.54, 1.807) is 6.08 Å². The first-order chi connectivity index (χ1) is 7.06. The molecule has 0 aliphatic carbocycles. The predicted octanol–water partition coefficient (Wildman–Crippen LogP) is 1.38. The Labute approximate surface area is 87.7 Å². The van der Waals surface area contributed by atoms with Gasteiger partial charge in [0.2, 0.25) is 5.91 Å². The molecule has 1 rings (SSSR count). The monoisotopic (exact) mass is 207 g/mol. The summed E-state index contributed by atoms with van der Waals surface area (Å²) in [5.41, 5.74) is 6.03. The second-order valence-electron chi connectivity index (χ2n) is 3.09. The number of hydrogen-bond acceptors (Lipinski definition) is 3. The fraction of sp³-hybridized carbons (Fsp3) is 0.182. The van der Waals surface area contributed by atoms with E-state index in [1.807, 2.05) is 6.92 Å². The summed E-state index contributed by atoms with van der Waals surface area (Å²) < 4.78 is 0. The van der Waals surface area contributed by atoms with E-state index in [0.717, 1.165) is 0 Å². The zero-order chi connectivity index (χ0) is 11.4. The maximum atomic E-state index is 11.1. The van der Waals surface area contributed by atoms with Crippen molar-refractivity contribution in [2.24, 2.45) is 5.73 Å². The number of rotatable bonds is 3. The number of carbonyl (C=O) groups excluding carboxylic acids is 1. The van der Waals surface area contributed by atoms with Gasteiger partial charge in [0.05, 0.1) is 0 Å². The normalized spacial score (nSPS) is 11.4. The van der Waals surface area contributed by atoms with Crippen LogP contribution < -0.4 is 5.73 Å². The standard InChI is InChI=1S/C11H13NO3/c1-2-3-8(11(12)15)7-4-5-9(13)10(14)6-7/h3-6,13-14H,2H2,1H3,(H2,12,15). The Morgan fingerprint density at radius 2 is 2.07 bits per heavy atom. The molecule has 0 saturated heterocycles. The number of phenolic OH excluding ortho intramolecular Hbond substituents is 2. The number of aromatic hydroxyl groups is 2. The van der Waals surface area contributed by atoms with Gasteiger partial charge in [0, 0.05) is 5.57 Å². The summed E-state index contributed by atoms with van der Waals surface area (Å²) in [6.45, 7) is 1.88. The van der Waals surface area contributed by atoms with Crippen LogP contribution >= 0.6 is 0 Å². The number of amides is 1. The molecule has 0 aliphatic rings. The maximum absolute atomic E-state index is 11.1. The lowest BCUT2D eigenvalue weighted by Gasteiger charge is -2.05. The van der Waals surface area contributed by atoms with Crippen LogP contribution in [0.15, 0.2) is 24.3 Å². The van der Waals surface area contributed by atoms with E-state index in [9.17, 15) is 9.90 Å². The number of benzene rings is 1. The second kappa shape index (κ2) is 4.50. The van der Waals surface area contributed by atoms with Gasteiger partial charge in [-0.15, -0.1) is 0 Å². The van der Waals surface area contributed by atoms with Crippen LogP contribution in [0.25, 0.3) is 5.57 Å². The van der Waals surface area contributed by atoms with E-state index >= 15 is 0 Å². The molecule has 0 aliphatic heterocycles. The fourth-order valence-corrected chi connectivity index (χ4v) is 1.26. The van der Waals surface area contributed by atoms with Crippen LogP contribution in [0.4, 0.5) is 0 Å². The lowest BCUT2D eigenvalue weighted by Crippen LogP contribution is -2.12. The molecule has 80 valence electrons. The highest BCUT2D eigenvalue weighted by atomic mass is 16.3. The first-order valence-corrected chi connectivity index (χ1v) is 4.58. The minimum absolute atomic E-state index is 0.223. The zero-order valence-corrected chi connectivity index (χ0v) is 8.40. The van der Waals surface area contributed by atoms with Crippen LogP contribution in [0.3, 0.4) is 0 Å². The third-order valence-corrected chi connectivity index (χ3v) is 1.96. The second-order valence-corrected chi connectivity index (χ2v) is 3.09. The van der Waals surface area contributed by atoms with Crippen molar-refractivity contribution >= 4 is 11.5 Å². The van der Waals surface area contributed by atoms with Crippen LogP contribution in [-0.4, -0.2) is 16.1 Å². The number of carbonyl (C=O) groups is 1. The summed E-state index contributed by atoms with van der Waals surface area (Å²) in [7, 11) is 0. The van der Waals surface area contributed by atoms with Crippen molar-refractivity contribution in [3.8, 4) is 11.5 Å². The summed E-state index contributed by atoms with van der Waals surface area (Å²) in [4.78, 5) is 11.1. The molecule has 0 bridgehead atoms. The van der Waals surface area contributed by atoms with Crippen LogP contribution in [0.2, 0.25) is 0 Å². The summed E-state index contributed by atoms with van der Waals surface area (Å²) in [6, 6.07) is 4.15. The Bertz CT molecular complexity index is 410. The predicted molar refractivity (Wildman–Crippen MR) is 57.2 cm³/mol. The topological polar surface area (TPSA) is 83.6 Å². The first-order valence-electron chi connectivity index (χ1n) is 4.58. The Hall–Kier alpha value is -1.97. The molecule has 0 fully saturated rings. The molecule has 0 atom stereocenters. The molecular formula is C11H13NO3. The molecule has 0 spiro atoms. The van der Waals surface area contributed by atoms with E-state index in [0.29, 0.717) is 17.6 Å². The number of hydrogen-bond donors (Lipinski definition) is 3. The molecule has 0 heterocycles. The van der Waals surface area contributed by atoms with E-state index < -0.39 is 5.91 Å². The SMILES string of the molecule is CCC=C(C(N)=O)c1ccc(O)c(O)c1. The van der Waals surface area contributed by atoms with Gasteiger partial charge in [0.15, 0.2) is 11.5 Å². The molecule has 15 heavy (non-hydrogen) atoms. The highest BCUT2D eigenvalue weighted by Gasteiger charge is 2.09. The summed E-state index contributed by atoms with van der Waals surface area (Å²) >= 11 is 0. The van der Waals surface area contributed by atoms with E-state index in [-0.39, 0.29) is 11.5 Å². The van der Waals surface area contributed by atoms with Gasteiger partial charge in [-0.05, 0) is 24.1 Å². The quantitative estimate of drug-likeness (QED) is 0.517. The Morgan fingerprint density at radius 1 is 1.40 bits per heavy atom. The van der Waals surface area contributed by atoms with Crippen molar-refractivity contribution in [1.29, 1.82) is 0 Å². The Kier molecular flexibility index (Phi) is 3.33. The average molecular weight is 207 g/mol. The molecule has 1 aromatic carbocycles. The largest absolute Gasteiger partial charge is 0.504 e.